The van der Waals surface area contributed by atoms with Gasteiger partial charge in [0.1, 0.15) is 12.2 Å². The molecule has 1 fully saturated rings. The van der Waals surface area contributed by atoms with Gasteiger partial charge in [0, 0.05) is 18.7 Å². The van der Waals surface area contributed by atoms with Crippen molar-refractivity contribution in [2.75, 3.05) is 13.7 Å². The summed E-state index contributed by atoms with van der Waals surface area (Å²) in [5, 5.41) is 1.15. The maximum Gasteiger partial charge on any atom is 0.338 e. The Morgan fingerprint density at radius 1 is 0.826 bits per heavy atom. The van der Waals surface area contributed by atoms with Gasteiger partial charge in [-0.25, -0.2) is 4.79 Å². The van der Waals surface area contributed by atoms with E-state index in [2.05, 4.69) is 0 Å². The lowest BCUT2D eigenvalue weighted by Crippen LogP contribution is -2.55. The molecule has 0 spiro atoms. The molecule has 0 amide bonds. The topological polar surface area (TPSA) is 85.2 Å². The van der Waals surface area contributed by atoms with Crippen molar-refractivity contribution in [3.05, 3.63) is 143 Å². The lowest BCUT2D eigenvalue weighted by molar-refractivity contribution is -0.197. The Balaban J connectivity index is 1.38. The molecule has 5 aromatic rings. The zero-order valence-corrected chi connectivity index (χ0v) is 26.0. The summed E-state index contributed by atoms with van der Waals surface area (Å²) in [6, 6.07) is 35.3. The highest BCUT2D eigenvalue weighted by molar-refractivity contribution is 6.36. The molecular weight excluding hydrogens is 606 g/mol. The zero-order chi connectivity index (χ0) is 31.9. The molecule has 236 valence electrons. The van der Waals surface area contributed by atoms with Gasteiger partial charge >= 0.3 is 5.97 Å². The molecular formula is C37H34ClNO7. The highest BCUT2D eigenvalue weighted by Gasteiger charge is 2.62. The van der Waals surface area contributed by atoms with E-state index in [4.69, 9.17) is 35.3 Å². The molecule has 4 atom stereocenters. The molecule has 6 rings (SSSR count). The molecule has 9 heteroatoms. The highest BCUT2D eigenvalue weighted by atomic mass is 35.5. The zero-order valence-electron chi connectivity index (χ0n) is 25.3. The van der Waals surface area contributed by atoms with E-state index in [1.165, 1.54) is 11.7 Å². The van der Waals surface area contributed by atoms with Crippen molar-refractivity contribution in [1.29, 1.82) is 0 Å². The van der Waals surface area contributed by atoms with Gasteiger partial charge in [-0.1, -0.05) is 109 Å². The number of esters is 1. The van der Waals surface area contributed by atoms with Crippen molar-refractivity contribution < 1.29 is 33.3 Å². The molecule has 1 aliphatic rings. The number of ether oxygens (including phenoxy) is 5. The lowest BCUT2D eigenvalue weighted by Gasteiger charge is -2.37. The van der Waals surface area contributed by atoms with E-state index in [1.54, 1.807) is 36.5 Å². The molecule has 4 aromatic carbocycles. The van der Waals surface area contributed by atoms with E-state index in [0.29, 0.717) is 22.7 Å². The Kier molecular flexibility index (Phi) is 9.92. The number of hydrogen-bond acceptors (Lipinski definition) is 7. The number of hydrogen-bond donors (Lipinski definition) is 0. The van der Waals surface area contributed by atoms with Crippen LogP contribution in [0.2, 0.25) is 5.02 Å². The van der Waals surface area contributed by atoms with Crippen LogP contribution < -0.4 is 0 Å². The van der Waals surface area contributed by atoms with Crippen LogP contribution in [0.1, 0.15) is 32.7 Å². The van der Waals surface area contributed by atoms with Crippen molar-refractivity contribution in [1.82, 2.24) is 4.57 Å². The standard InChI is InChI=1S/C37H34ClNO7/c1-42-36-37(46-35(41)28-17-9-4-10-18-28,21-33(40)39-22-30(38)29-19-11-12-20-31(29)39)34(44-24-27-15-7-3-8-16-27)32(45-36)25-43-23-26-13-5-2-6-14-26/h2-20,22,32,34,36H,21,23-25H2,1H3/t32-,34-,36+,37-/m1/s1. The van der Waals surface area contributed by atoms with Crippen LogP contribution in [-0.2, 0) is 36.9 Å². The van der Waals surface area contributed by atoms with Crippen molar-refractivity contribution in [2.45, 2.75) is 43.7 Å². The first-order chi connectivity index (χ1) is 22.5. The van der Waals surface area contributed by atoms with Gasteiger partial charge in [0.25, 0.3) is 0 Å². The van der Waals surface area contributed by atoms with Gasteiger partial charge in [-0.3, -0.25) is 9.36 Å². The van der Waals surface area contributed by atoms with Gasteiger partial charge in [-0.2, -0.15) is 0 Å². The van der Waals surface area contributed by atoms with Crippen LogP contribution in [0.3, 0.4) is 0 Å². The number of fused-ring (bicyclic) bond motifs is 1. The summed E-state index contributed by atoms with van der Waals surface area (Å²) in [5.41, 5.74) is 1.11. The summed E-state index contributed by atoms with van der Waals surface area (Å²) in [6.45, 7) is 0.580. The van der Waals surface area contributed by atoms with E-state index < -0.39 is 30.1 Å². The Morgan fingerprint density at radius 3 is 2.11 bits per heavy atom. The first kappa shape index (κ1) is 31.7. The minimum absolute atomic E-state index is 0.0886. The smallest absolute Gasteiger partial charge is 0.338 e. The Hall–Kier alpha value is -4.31. The largest absolute Gasteiger partial charge is 0.447 e. The second-order valence-corrected chi connectivity index (χ2v) is 11.5. The Bertz CT molecular complexity index is 1760. The van der Waals surface area contributed by atoms with Crippen LogP contribution in [0.5, 0.6) is 0 Å². The molecule has 1 aromatic heterocycles. The number of carbonyl (C=O) groups excluding carboxylic acids is 2. The molecule has 0 unspecified atom stereocenters. The number of methoxy groups -OCH3 is 1. The van der Waals surface area contributed by atoms with Crippen LogP contribution in [0.4, 0.5) is 0 Å². The third kappa shape index (κ3) is 6.77. The summed E-state index contributed by atoms with van der Waals surface area (Å²) in [7, 11) is 1.45. The number of carbonyl (C=O) groups is 2. The number of aromatic nitrogens is 1. The van der Waals surface area contributed by atoms with Gasteiger partial charge < -0.3 is 23.7 Å². The van der Waals surface area contributed by atoms with E-state index in [0.717, 1.165) is 16.5 Å². The third-order valence-electron chi connectivity index (χ3n) is 8.05. The fourth-order valence-corrected chi connectivity index (χ4v) is 6.11. The van der Waals surface area contributed by atoms with Crippen LogP contribution >= 0.6 is 11.6 Å². The number of halogens is 1. The number of benzene rings is 4. The average molecular weight is 640 g/mol. The van der Waals surface area contributed by atoms with Gasteiger partial charge in [-0.05, 0) is 29.3 Å². The van der Waals surface area contributed by atoms with Crippen molar-refractivity contribution >= 4 is 34.4 Å². The molecule has 8 nitrogen and oxygen atoms in total. The molecule has 1 aliphatic heterocycles. The van der Waals surface area contributed by atoms with E-state index >= 15 is 0 Å². The molecule has 0 aliphatic carbocycles. The fourth-order valence-electron chi connectivity index (χ4n) is 5.85. The maximum atomic E-state index is 14.3. The second kappa shape index (κ2) is 14.4. The summed E-state index contributed by atoms with van der Waals surface area (Å²) < 4.78 is 32.7. The second-order valence-electron chi connectivity index (χ2n) is 11.1. The third-order valence-corrected chi connectivity index (χ3v) is 8.35. The Morgan fingerprint density at radius 2 is 1.43 bits per heavy atom. The molecule has 2 heterocycles. The SMILES string of the molecule is CO[C@H]1O[C@H](COCc2ccccc2)[C@@H](OCc2ccccc2)[C@@]1(CC(=O)n1cc(Cl)c2ccccc21)OC(=O)c1ccccc1. The number of nitrogens with zero attached hydrogens (tertiary/aromatic N) is 1. The van der Waals surface area contributed by atoms with E-state index in [-0.39, 0.29) is 25.5 Å². The molecule has 0 N–H and O–H groups in total. The predicted molar refractivity (Wildman–Crippen MR) is 174 cm³/mol. The van der Waals surface area contributed by atoms with E-state index in [9.17, 15) is 9.59 Å². The first-order valence-corrected chi connectivity index (χ1v) is 15.4. The van der Waals surface area contributed by atoms with Crippen LogP contribution in [-0.4, -0.2) is 54.3 Å². The minimum atomic E-state index is -1.70. The van der Waals surface area contributed by atoms with Crippen LogP contribution in [0.25, 0.3) is 10.9 Å². The van der Waals surface area contributed by atoms with Crippen LogP contribution in [0, 0.1) is 0 Å². The van der Waals surface area contributed by atoms with Crippen LogP contribution in [0.15, 0.2) is 121 Å². The molecule has 0 bridgehead atoms. The fraction of sp³-hybridized carbons (Fsp3) is 0.243. The number of rotatable bonds is 12. The van der Waals surface area contributed by atoms with E-state index in [1.807, 2.05) is 84.9 Å². The molecule has 1 saturated heterocycles. The summed E-state index contributed by atoms with van der Waals surface area (Å²) in [5.74, 6) is -1.03. The summed E-state index contributed by atoms with van der Waals surface area (Å²) in [6.07, 6.45) is -1.62. The predicted octanol–water partition coefficient (Wildman–Crippen LogP) is 7.09. The van der Waals surface area contributed by atoms with Gasteiger partial charge in [0.15, 0.2) is 0 Å². The Labute approximate surface area is 272 Å². The summed E-state index contributed by atoms with van der Waals surface area (Å²) in [4.78, 5) is 28.0. The number of para-hydroxylation sites is 1. The van der Waals surface area contributed by atoms with Crippen molar-refractivity contribution in [3.63, 3.8) is 0 Å². The highest BCUT2D eigenvalue weighted by Crippen LogP contribution is 2.42. The molecule has 0 radical (unpaired) electrons. The maximum absolute atomic E-state index is 14.3. The normalized spacial score (nSPS) is 21.0. The summed E-state index contributed by atoms with van der Waals surface area (Å²) >= 11 is 6.52. The minimum Gasteiger partial charge on any atom is -0.447 e. The molecule has 0 saturated carbocycles. The quantitative estimate of drug-likeness (QED) is 0.135. The lowest BCUT2D eigenvalue weighted by atomic mass is 9.89. The average Bonchev–Trinajstić information content (AvgIpc) is 3.58. The van der Waals surface area contributed by atoms with Gasteiger partial charge in [-0.15, -0.1) is 0 Å². The van der Waals surface area contributed by atoms with Gasteiger partial charge in [0.05, 0.1) is 42.3 Å². The van der Waals surface area contributed by atoms with Crippen molar-refractivity contribution in [3.8, 4) is 0 Å². The first-order valence-electron chi connectivity index (χ1n) is 15.0. The van der Waals surface area contributed by atoms with Gasteiger partial charge in [0.2, 0.25) is 17.8 Å². The van der Waals surface area contributed by atoms with Crippen molar-refractivity contribution in [2.24, 2.45) is 0 Å². The molecule has 46 heavy (non-hydrogen) atoms. The monoisotopic (exact) mass is 639 g/mol.